The Balaban J connectivity index is 0. The number of nitrogens with one attached hydrogen (secondary N) is 1. The first-order valence-electron chi connectivity index (χ1n) is 6.19. The first kappa shape index (κ1) is 22.3. The normalized spacial score (nSPS) is 11.3. The van der Waals surface area contributed by atoms with Crippen molar-refractivity contribution in [2.45, 2.75) is 32.5 Å². The third kappa shape index (κ3) is 15.3. The van der Waals surface area contributed by atoms with Gasteiger partial charge in [-0.2, -0.15) is 0 Å². The summed E-state index contributed by atoms with van der Waals surface area (Å²) in [5.41, 5.74) is -0.518. The van der Waals surface area contributed by atoms with Gasteiger partial charge in [0.2, 0.25) is 0 Å². The summed E-state index contributed by atoms with van der Waals surface area (Å²) in [6.45, 7) is 5.41. The maximum Gasteiger partial charge on any atom is 0.407 e. The monoisotopic (exact) mass is 362 g/mol. The molecule has 0 heterocycles. The summed E-state index contributed by atoms with van der Waals surface area (Å²) in [7, 11) is 0. The molecule has 0 aliphatic rings. The van der Waals surface area contributed by atoms with E-state index in [9.17, 15) is 4.79 Å². The number of amides is 1. The van der Waals surface area contributed by atoms with E-state index in [1.807, 2.05) is 6.07 Å². The molecule has 0 aliphatic carbocycles. The molecule has 0 aromatic heterocycles. The van der Waals surface area contributed by atoms with Crippen LogP contribution in [0.3, 0.4) is 0 Å². The summed E-state index contributed by atoms with van der Waals surface area (Å²) >= 11 is 5.33. The number of halogens is 1. The topological polar surface area (TPSA) is 78.8 Å². The predicted molar refractivity (Wildman–Crippen MR) is 79.1 cm³/mol. The van der Waals surface area contributed by atoms with Crippen molar-refractivity contribution >= 4 is 17.7 Å². The fourth-order valence-corrected chi connectivity index (χ4v) is 1.11. The first-order chi connectivity index (χ1) is 9.24. The second kappa shape index (κ2) is 11.7. The molecular formula is C14H22ClCoNO4. The molecule has 0 saturated heterocycles. The van der Waals surface area contributed by atoms with Crippen molar-refractivity contribution in [3.8, 4) is 5.75 Å². The van der Waals surface area contributed by atoms with Crippen LogP contribution in [0.25, 0.3) is 0 Å². The number of hydrogen-bond donors (Lipinski definition) is 3. The van der Waals surface area contributed by atoms with E-state index in [0.717, 1.165) is 0 Å². The van der Waals surface area contributed by atoms with Crippen molar-refractivity contribution in [2.24, 2.45) is 0 Å². The average molecular weight is 363 g/mol. The van der Waals surface area contributed by atoms with Crippen LogP contribution in [0.1, 0.15) is 20.8 Å². The van der Waals surface area contributed by atoms with Crippen LogP contribution in [0.4, 0.5) is 4.79 Å². The number of aliphatic hydroxyl groups is 1. The Morgan fingerprint density at radius 2 is 1.86 bits per heavy atom. The minimum absolute atomic E-state index is 0. The van der Waals surface area contributed by atoms with Gasteiger partial charge in [-0.3, -0.25) is 0 Å². The molecule has 7 heteroatoms. The summed E-state index contributed by atoms with van der Waals surface area (Å²) in [5.74, 6) is 0.415. The molecule has 1 radical (unpaired) electrons. The fourth-order valence-electron chi connectivity index (χ4n) is 0.998. The molecule has 0 saturated carbocycles. The molecule has 1 aromatic rings. The maximum atomic E-state index is 11.0. The zero-order valence-corrected chi connectivity index (χ0v) is 14.1. The van der Waals surface area contributed by atoms with Gasteiger partial charge in [0.25, 0.3) is 0 Å². The van der Waals surface area contributed by atoms with Crippen LogP contribution in [-0.2, 0) is 21.5 Å². The minimum Gasteiger partial charge on any atom is -0.508 e. The van der Waals surface area contributed by atoms with Crippen LogP contribution in [-0.4, -0.2) is 40.4 Å². The Hall–Kier alpha value is -0.954. The SMILES string of the molecule is CC(C)(C)OC(=O)NC[C@H](O)CCl.Oc1ccccc1.[Co]. The number of rotatable bonds is 3. The smallest absolute Gasteiger partial charge is 0.407 e. The van der Waals surface area contributed by atoms with Crippen LogP contribution in [0, 0.1) is 0 Å². The zero-order valence-electron chi connectivity index (χ0n) is 12.3. The Morgan fingerprint density at radius 1 is 1.33 bits per heavy atom. The summed E-state index contributed by atoms with van der Waals surface area (Å²) in [6, 6.07) is 8.71. The average Bonchev–Trinajstić information content (AvgIpc) is 2.35. The van der Waals surface area contributed by atoms with Gasteiger partial charge in [-0.05, 0) is 32.9 Å². The molecule has 0 aliphatic heterocycles. The van der Waals surface area contributed by atoms with E-state index in [-0.39, 0.29) is 29.2 Å². The van der Waals surface area contributed by atoms with Gasteiger partial charge in [0.05, 0.1) is 12.0 Å². The van der Waals surface area contributed by atoms with E-state index in [2.05, 4.69) is 5.32 Å². The fraction of sp³-hybridized carbons (Fsp3) is 0.500. The quantitative estimate of drug-likeness (QED) is 0.722. The second-order valence-electron chi connectivity index (χ2n) is 5.03. The zero-order chi connectivity index (χ0) is 15.6. The number of hydrogen-bond acceptors (Lipinski definition) is 4. The maximum absolute atomic E-state index is 11.0. The van der Waals surface area contributed by atoms with Gasteiger partial charge in [-0.25, -0.2) is 4.79 Å². The van der Waals surface area contributed by atoms with E-state index in [0.29, 0.717) is 5.75 Å². The number of ether oxygens (including phenoxy) is 1. The predicted octanol–water partition coefficient (Wildman–Crippen LogP) is 2.50. The number of benzene rings is 1. The molecule has 5 nitrogen and oxygen atoms in total. The molecule has 123 valence electrons. The van der Waals surface area contributed by atoms with Crippen LogP contribution < -0.4 is 5.32 Å². The number of alkyl carbamates (subject to hydrolysis) is 1. The van der Waals surface area contributed by atoms with Gasteiger partial charge in [-0.15, -0.1) is 11.6 Å². The number of aliphatic hydroxyl groups excluding tert-OH is 1. The number of alkyl halides is 1. The largest absolute Gasteiger partial charge is 0.508 e. The standard InChI is InChI=1S/C8H16ClNO3.C6H6O.Co/c1-8(2,3)13-7(12)10-5-6(11)4-9;7-6-4-2-1-3-5-6;/h6,11H,4-5H2,1-3H3,(H,10,12);1-5,7H;/t6-;;/m1../s1. The van der Waals surface area contributed by atoms with Crippen molar-refractivity contribution in [3.05, 3.63) is 30.3 Å². The van der Waals surface area contributed by atoms with Gasteiger partial charge < -0.3 is 20.3 Å². The Morgan fingerprint density at radius 3 is 2.19 bits per heavy atom. The van der Waals surface area contributed by atoms with Gasteiger partial charge in [-0.1, -0.05) is 18.2 Å². The number of phenolic OH excluding ortho intramolecular Hbond substituents is 1. The number of phenols is 1. The molecule has 1 amide bonds. The molecule has 1 rings (SSSR count). The van der Waals surface area contributed by atoms with E-state index in [1.165, 1.54) is 0 Å². The number of carbonyl (C=O) groups is 1. The number of carbonyl (C=O) groups excluding carboxylic acids is 1. The minimum atomic E-state index is -0.728. The van der Waals surface area contributed by atoms with Gasteiger partial charge in [0.15, 0.2) is 0 Å². The van der Waals surface area contributed by atoms with E-state index in [4.69, 9.17) is 26.6 Å². The Kier molecular flexibility index (Phi) is 12.4. The molecule has 0 fully saturated rings. The molecule has 21 heavy (non-hydrogen) atoms. The van der Waals surface area contributed by atoms with Crippen molar-refractivity contribution in [1.29, 1.82) is 0 Å². The van der Waals surface area contributed by atoms with Crippen molar-refractivity contribution < 1.29 is 36.5 Å². The molecular weight excluding hydrogens is 341 g/mol. The van der Waals surface area contributed by atoms with E-state index in [1.54, 1.807) is 45.0 Å². The van der Waals surface area contributed by atoms with Crippen molar-refractivity contribution in [3.63, 3.8) is 0 Å². The van der Waals surface area contributed by atoms with Crippen LogP contribution in [0.15, 0.2) is 30.3 Å². The van der Waals surface area contributed by atoms with E-state index < -0.39 is 17.8 Å². The molecule has 0 spiro atoms. The summed E-state index contributed by atoms with van der Waals surface area (Å²) in [6.07, 6.45) is -1.27. The van der Waals surface area contributed by atoms with E-state index >= 15 is 0 Å². The van der Waals surface area contributed by atoms with Gasteiger partial charge >= 0.3 is 6.09 Å². The molecule has 1 aromatic carbocycles. The summed E-state index contributed by atoms with van der Waals surface area (Å²) < 4.78 is 4.93. The third-order valence-electron chi connectivity index (χ3n) is 1.82. The number of para-hydroxylation sites is 1. The Labute approximate surface area is 140 Å². The van der Waals surface area contributed by atoms with Crippen LogP contribution in [0.2, 0.25) is 0 Å². The summed E-state index contributed by atoms with van der Waals surface area (Å²) in [5, 5.41) is 20.0. The third-order valence-corrected chi connectivity index (χ3v) is 2.17. The summed E-state index contributed by atoms with van der Waals surface area (Å²) in [4.78, 5) is 11.0. The molecule has 0 unspecified atom stereocenters. The van der Waals surface area contributed by atoms with Crippen LogP contribution >= 0.6 is 11.6 Å². The number of aromatic hydroxyl groups is 1. The molecule has 3 N–H and O–H groups in total. The van der Waals surface area contributed by atoms with Gasteiger partial charge in [0, 0.05) is 23.3 Å². The molecule has 1 atom stereocenters. The Bertz CT molecular complexity index is 384. The second-order valence-corrected chi connectivity index (χ2v) is 5.34. The van der Waals surface area contributed by atoms with Crippen molar-refractivity contribution in [2.75, 3.05) is 12.4 Å². The first-order valence-corrected chi connectivity index (χ1v) is 6.73. The van der Waals surface area contributed by atoms with Crippen LogP contribution in [0.5, 0.6) is 5.75 Å². The van der Waals surface area contributed by atoms with Gasteiger partial charge in [0.1, 0.15) is 11.4 Å². The molecule has 0 bridgehead atoms. The van der Waals surface area contributed by atoms with Crippen molar-refractivity contribution in [1.82, 2.24) is 5.32 Å².